The summed E-state index contributed by atoms with van der Waals surface area (Å²) in [6.45, 7) is 0. The Kier molecular flexibility index (Phi) is 10.3. The maximum Gasteiger partial charge on any atom is 0.305 e. The molecule has 0 spiro atoms. The van der Waals surface area contributed by atoms with Gasteiger partial charge in [-0.2, -0.15) is 0 Å². The molecule has 5 heteroatoms. The van der Waals surface area contributed by atoms with Gasteiger partial charge in [-0.3, -0.25) is 4.79 Å². The van der Waals surface area contributed by atoms with Crippen molar-refractivity contribution in [2.24, 2.45) is 11.8 Å². The summed E-state index contributed by atoms with van der Waals surface area (Å²) in [6, 6.07) is 8.52. The minimum atomic E-state index is -0.402. The van der Waals surface area contributed by atoms with Crippen LogP contribution < -0.4 is 0 Å². The van der Waals surface area contributed by atoms with Gasteiger partial charge in [0.15, 0.2) is 0 Å². The van der Waals surface area contributed by atoms with Crippen molar-refractivity contribution in [3.63, 3.8) is 0 Å². The summed E-state index contributed by atoms with van der Waals surface area (Å²) in [5, 5.41) is 21.4. The van der Waals surface area contributed by atoms with Gasteiger partial charge >= 0.3 is 5.97 Å². The van der Waals surface area contributed by atoms with Crippen LogP contribution in [0.2, 0.25) is 0 Å². The number of ether oxygens (including phenoxy) is 1. The second kappa shape index (κ2) is 13.0. The van der Waals surface area contributed by atoms with Crippen LogP contribution in [0.1, 0.15) is 94.1 Å². The van der Waals surface area contributed by atoms with Gasteiger partial charge in [0.2, 0.25) is 0 Å². The van der Waals surface area contributed by atoms with Gasteiger partial charge in [-0.05, 0) is 61.5 Å². The van der Waals surface area contributed by atoms with E-state index in [1.165, 1.54) is 31.9 Å². The van der Waals surface area contributed by atoms with Crippen LogP contribution >= 0.6 is 11.6 Å². The molecule has 0 heterocycles. The van der Waals surface area contributed by atoms with Gasteiger partial charge in [-0.15, -0.1) is 11.6 Å². The van der Waals surface area contributed by atoms with E-state index in [9.17, 15) is 15.0 Å². The minimum absolute atomic E-state index is 0.00197. The fourth-order valence-corrected chi connectivity index (χ4v) is 6.27. The third kappa shape index (κ3) is 7.20. The van der Waals surface area contributed by atoms with E-state index in [2.05, 4.69) is 29.0 Å². The van der Waals surface area contributed by atoms with E-state index in [1.54, 1.807) is 0 Å². The van der Waals surface area contributed by atoms with Gasteiger partial charge in [0.25, 0.3) is 0 Å². The fourth-order valence-electron chi connectivity index (χ4n) is 5.80. The normalized spacial score (nSPS) is 27.4. The Morgan fingerprint density at radius 1 is 1.09 bits per heavy atom. The molecule has 4 nitrogen and oxygen atoms in total. The number of methoxy groups -OCH3 is 1. The van der Waals surface area contributed by atoms with Crippen LogP contribution in [0.3, 0.4) is 0 Å². The van der Waals surface area contributed by atoms with E-state index in [0.29, 0.717) is 25.2 Å². The summed E-state index contributed by atoms with van der Waals surface area (Å²) in [7, 11) is 1.43. The Balaban J connectivity index is 1.50. The van der Waals surface area contributed by atoms with Crippen LogP contribution in [0.5, 0.6) is 0 Å². The second-order valence-corrected chi connectivity index (χ2v) is 10.5. The first-order chi connectivity index (χ1) is 15.5. The molecular weight excluding hydrogens is 424 g/mol. The molecule has 180 valence electrons. The lowest BCUT2D eigenvalue weighted by atomic mass is 9.82. The van der Waals surface area contributed by atoms with Crippen LogP contribution in [0.4, 0.5) is 0 Å². The van der Waals surface area contributed by atoms with Gasteiger partial charge in [-0.25, -0.2) is 0 Å². The van der Waals surface area contributed by atoms with Crippen molar-refractivity contribution in [3.8, 4) is 0 Å². The summed E-state index contributed by atoms with van der Waals surface area (Å²) in [5.74, 6) is 0.643. The SMILES string of the molecule is COC(=O)CCCCCCC1C(Cl)CC(O)C1c1ccc(CC(O)C2CCCCC2)cc1. The maximum atomic E-state index is 11.2. The third-order valence-electron chi connectivity index (χ3n) is 7.71. The standard InChI is InChI=1S/C27H41ClO4/c1-32-26(31)12-8-3-2-7-11-22-23(28)18-25(30)27(22)21-15-13-19(14-16-21)17-24(29)20-9-5-4-6-10-20/h13-16,20,22-25,27,29-30H,2-12,17-18H2,1H3. The molecule has 2 aliphatic rings. The summed E-state index contributed by atoms with van der Waals surface area (Å²) < 4.78 is 4.69. The summed E-state index contributed by atoms with van der Waals surface area (Å²) >= 11 is 6.65. The summed E-state index contributed by atoms with van der Waals surface area (Å²) in [4.78, 5) is 11.2. The fraction of sp³-hybridized carbons (Fsp3) is 0.741. The summed E-state index contributed by atoms with van der Waals surface area (Å²) in [6.07, 6.45) is 12.3. The largest absolute Gasteiger partial charge is 0.469 e. The number of carbonyl (C=O) groups excluding carboxylic acids is 1. The number of carbonyl (C=O) groups is 1. The van der Waals surface area contributed by atoms with Gasteiger partial charge in [-0.1, -0.05) is 62.8 Å². The second-order valence-electron chi connectivity index (χ2n) is 9.95. The van der Waals surface area contributed by atoms with E-state index in [4.69, 9.17) is 11.6 Å². The van der Waals surface area contributed by atoms with Gasteiger partial charge in [0.1, 0.15) is 0 Å². The molecule has 2 saturated carbocycles. The molecule has 0 bridgehead atoms. The molecule has 3 rings (SSSR count). The van der Waals surface area contributed by atoms with Crippen LogP contribution in [-0.4, -0.2) is 40.9 Å². The average Bonchev–Trinajstić information content (AvgIpc) is 3.09. The number of halogens is 1. The molecule has 32 heavy (non-hydrogen) atoms. The van der Waals surface area contributed by atoms with Crippen molar-refractivity contribution in [2.75, 3.05) is 7.11 Å². The van der Waals surface area contributed by atoms with E-state index in [-0.39, 0.29) is 29.3 Å². The average molecular weight is 465 g/mol. The van der Waals surface area contributed by atoms with Gasteiger partial charge < -0.3 is 14.9 Å². The Morgan fingerprint density at radius 3 is 2.47 bits per heavy atom. The molecule has 0 aromatic heterocycles. The molecule has 5 unspecified atom stereocenters. The first-order valence-electron chi connectivity index (χ1n) is 12.7. The van der Waals surface area contributed by atoms with Crippen molar-refractivity contribution in [1.29, 1.82) is 0 Å². The molecule has 2 aliphatic carbocycles. The Hall–Kier alpha value is -1.10. The Bertz CT molecular complexity index is 685. The Morgan fingerprint density at radius 2 is 1.78 bits per heavy atom. The number of unbranched alkanes of at least 4 members (excludes halogenated alkanes) is 3. The number of hydrogen-bond donors (Lipinski definition) is 2. The highest BCUT2D eigenvalue weighted by Crippen LogP contribution is 2.45. The molecule has 5 atom stereocenters. The first-order valence-corrected chi connectivity index (χ1v) is 13.1. The van der Waals surface area contributed by atoms with Gasteiger partial charge in [0, 0.05) is 17.7 Å². The highest BCUT2D eigenvalue weighted by atomic mass is 35.5. The molecule has 0 radical (unpaired) electrons. The van der Waals surface area contributed by atoms with Crippen LogP contribution in [-0.2, 0) is 16.0 Å². The van der Waals surface area contributed by atoms with Crippen molar-refractivity contribution in [2.45, 2.75) is 107 Å². The topological polar surface area (TPSA) is 66.8 Å². The van der Waals surface area contributed by atoms with E-state index >= 15 is 0 Å². The molecule has 0 aliphatic heterocycles. The zero-order chi connectivity index (χ0) is 22.9. The van der Waals surface area contributed by atoms with Crippen molar-refractivity contribution in [1.82, 2.24) is 0 Å². The number of esters is 1. The molecule has 2 fully saturated rings. The molecule has 0 saturated heterocycles. The molecular formula is C27H41ClO4. The predicted octanol–water partition coefficient (Wildman–Crippen LogP) is 5.76. The monoisotopic (exact) mass is 464 g/mol. The van der Waals surface area contributed by atoms with Gasteiger partial charge in [0.05, 0.1) is 19.3 Å². The molecule has 0 amide bonds. The number of hydrogen-bond acceptors (Lipinski definition) is 4. The van der Waals surface area contributed by atoms with Crippen molar-refractivity contribution < 1.29 is 19.7 Å². The number of aliphatic hydroxyl groups excluding tert-OH is 2. The lowest BCUT2D eigenvalue weighted by Crippen LogP contribution is -2.25. The van der Waals surface area contributed by atoms with E-state index < -0.39 is 6.10 Å². The zero-order valence-corrected chi connectivity index (χ0v) is 20.3. The quantitative estimate of drug-likeness (QED) is 0.248. The number of aliphatic hydroxyl groups is 2. The lowest BCUT2D eigenvalue weighted by molar-refractivity contribution is -0.140. The molecule has 2 N–H and O–H groups in total. The smallest absolute Gasteiger partial charge is 0.305 e. The van der Waals surface area contributed by atoms with Crippen LogP contribution in [0, 0.1) is 11.8 Å². The molecule has 1 aromatic carbocycles. The van der Waals surface area contributed by atoms with E-state index in [1.807, 2.05) is 0 Å². The summed E-state index contributed by atoms with van der Waals surface area (Å²) in [5.41, 5.74) is 2.33. The van der Waals surface area contributed by atoms with Crippen LogP contribution in [0.15, 0.2) is 24.3 Å². The predicted molar refractivity (Wildman–Crippen MR) is 129 cm³/mol. The van der Waals surface area contributed by atoms with Crippen molar-refractivity contribution >= 4 is 17.6 Å². The zero-order valence-electron chi connectivity index (χ0n) is 19.6. The third-order valence-corrected chi connectivity index (χ3v) is 8.21. The number of rotatable bonds is 11. The minimum Gasteiger partial charge on any atom is -0.469 e. The number of alkyl halides is 1. The molecule has 1 aromatic rings. The first kappa shape index (κ1) is 25.5. The lowest BCUT2D eigenvalue weighted by Gasteiger charge is -2.27. The van der Waals surface area contributed by atoms with Crippen molar-refractivity contribution in [3.05, 3.63) is 35.4 Å². The number of benzene rings is 1. The maximum absolute atomic E-state index is 11.2. The van der Waals surface area contributed by atoms with E-state index in [0.717, 1.165) is 50.5 Å². The Labute approximate surface area is 198 Å². The highest BCUT2D eigenvalue weighted by molar-refractivity contribution is 6.21. The van der Waals surface area contributed by atoms with Crippen LogP contribution in [0.25, 0.3) is 0 Å². The highest BCUT2D eigenvalue weighted by Gasteiger charge is 2.41.